The molecule has 0 amide bonds. The van der Waals surface area contributed by atoms with Crippen LogP contribution in [0.5, 0.6) is 0 Å². The molecule has 2 atom stereocenters. The van der Waals surface area contributed by atoms with Gasteiger partial charge in [-0.3, -0.25) is 4.57 Å². The number of allylic oxidation sites excluding steroid dienone is 1. The van der Waals surface area contributed by atoms with Crippen LogP contribution < -0.4 is 10.6 Å². The third-order valence-electron chi connectivity index (χ3n) is 14.8. The van der Waals surface area contributed by atoms with Crippen LogP contribution in [0.25, 0.3) is 93.9 Å². The van der Waals surface area contributed by atoms with E-state index in [1.54, 1.807) is 0 Å². The number of dihydropyridines is 1. The Kier molecular flexibility index (Phi) is 10.6. The summed E-state index contributed by atoms with van der Waals surface area (Å²) >= 11 is 0. The van der Waals surface area contributed by atoms with E-state index in [1.807, 2.05) is 0 Å². The standard InChI is InChI=1S/C69H49N5/c1-7-19-46(20-8-1)52-31-35-63-57(39-52)58-40-53(47-21-9-2-10-22-47)32-36-64(58)73(63)67-43-56(62-45-61(50-27-15-5-16-28-50)70-69(71-62)51-29-17-6-18-30-51)44-68(72-67)74-65-37-33-54(48-23-11-3-12-24-48)41-59(65)60-42-55(34-38-66(60)74)49-25-13-4-14-26-49/h1-45,61,67,72H,(H,70,71). The number of nitrogens with one attached hydrogen (secondary N) is 2. The monoisotopic (exact) mass is 947 g/mol. The summed E-state index contributed by atoms with van der Waals surface area (Å²) in [4.78, 5) is 5.52. The molecular formula is C69H49N5. The molecule has 350 valence electrons. The Morgan fingerprint density at radius 3 is 1.15 bits per heavy atom. The van der Waals surface area contributed by atoms with Crippen LogP contribution in [0.4, 0.5) is 0 Å². The van der Waals surface area contributed by atoms with Crippen molar-refractivity contribution in [2.24, 2.45) is 4.99 Å². The van der Waals surface area contributed by atoms with Gasteiger partial charge in [-0.25, -0.2) is 4.99 Å². The molecule has 10 aromatic carbocycles. The first-order chi connectivity index (χ1) is 36.7. The van der Waals surface area contributed by atoms with Gasteiger partial charge in [-0.05, 0) is 117 Å². The van der Waals surface area contributed by atoms with Gasteiger partial charge in [0.2, 0.25) is 0 Å². The summed E-state index contributed by atoms with van der Waals surface area (Å²) in [5.74, 6) is 1.79. The minimum Gasteiger partial charge on any atom is -0.359 e. The summed E-state index contributed by atoms with van der Waals surface area (Å²) < 4.78 is 4.93. The molecule has 0 aliphatic carbocycles. The third-order valence-corrected chi connectivity index (χ3v) is 14.8. The second kappa shape index (κ2) is 18.2. The third kappa shape index (κ3) is 7.70. The molecule has 0 saturated heterocycles. The fourth-order valence-corrected chi connectivity index (χ4v) is 11.2. The van der Waals surface area contributed by atoms with Crippen molar-refractivity contribution in [3.63, 3.8) is 0 Å². The maximum atomic E-state index is 5.52. The van der Waals surface area contributed by atoms with Crippen LogP contribution in [0.1, 0.15) is 23.3 Å². The average molecular weight is 948 g/mol. The van der Waals surface area contributed by atoms with Crippen molar-refractivity contribution in [1.82, 2.24) is 19.8 Å². The van der Waals surface area contributed by atoms with E-state index in [-0.39, 0.29) is 12.2 Å². The van der Waals surface area contributed by atoms with Crippen molar-refractivity contribution >= 4 is 55.3 Å². The molecule has 4 heterocycles. The molecule has 5 heteroatoms. The van der Waals surface area contributed by atoms with E-state index < -0.39 is 0 Å². The van der Waals surface area contributed by atoms with Crippen molar-refractivity contribution < 1.29 is 0 Å². The number of aromatic nitrogens is 2. The molecule has 0 saturated carbocycles. The second-order valence-corrected chi connectivity index (χ2v) is 19.2. The largest absolute Gasteiger partial charge is 0.359 e. The molecule has 0 radical (unpaired) electrons. The number of fused-ring (bicyclic) bond motifs is 6. The van der Waals surface area contributed by atoms with Crippen LogP contribution in [-0.4, -0.2) is 15.0 Å². The van der Waals surface area contributed by atoms with Crippen LogP contribution in [0.3, 0.4) is 0 Å². The summed E-state index contributed by atoms with van der Waals surface area (Å²) in [7, 11) is 0. The Balaban J connectivity index is 1.02. The van der Waals surface area contributed by atoms with Crippen molar-refractivity contribution in [2.75, 3.05) is 0 Å². The fraction of sp³-hybridized carbons (Fsp3) is 0.0290. The molecule has 12 aromatic rings. The predicted molar refractivity (Wildman–Crippen MR) is 309 cm³/mol. The summed E-state index contributed by atoms with van der Waals surface area (Å²) in [6.07, 6.45) is 6.64. The number of aliphatic imine (C=N–C) groups is 1. The molecular weight excluding hydrogens is 899 g/mol. The van der Waals surface area contributed by atoms with E-state index >= 15 is 0 Å². The normalized spacial score (nSPS) is 15.6. The van der Waals surface area contributed by atoms with Crippen LogP contribution in [0.15, 0.2) is 289 Å². The molecule has 2 aliphatic rings. The van der Waals surface area contributed by atoms with E-state index in [0.29, 0.717) is 0 Å². The first-order valence-electron chi connectivity index (χ1n) is 25.4. The highest BCUT2D eigenvalue weighted by Gasteiger charge is 2.28. The first kappa shape index (κ1) is 43.1. The van der Waals surface area contributed by atoms with E-state index in [1.165, 1.54) is 71.6 Å². The van der Waals surface area contributed by atoms with Gasteiger partial charge >= 0.3 is 0 Å². The lowest BCUT2D eigenvalue weighted by atomic mass is 9.99. The number of rotatable bonds is 9. The van der Waals surface area contributed by atoms with Gasteiger partial charge in [0, 0.05) is 32.7 Å². The SMILES string of the molecule is C1=C(C2=CC(c3ccccc3)NC(c3ccccc3)=N2)C=C(n2c3ccc(-c4ccccc4)cc3c3cc(-c4ccccc4)ccc32)NC1n1c2ccc(-c3ccccc3)cc2c2cc(-c3ccccc3)ccc21. The average Bonchev–Trinajstić information content (AvgIpc) is 3.99. The molecule has 2 aliphatic heterocycles. The van der Waals surface area contributed by atoms with Crippen molar-refractivity contribution in [3.05, 3.63) is 295 Å². The molecule has 74 heavy (non-hydrogen) atoms. The Morgan fingerprint density at radius 2 is 0.716 bits per heavy atom. The smallest absolute Gasteiger partial charge is 0.134 e. The minimum atomic E-state index is -0.337. The Bertz CT molecular complexity index is 4010. The Morgan fingerprint density at radius 1 is 0.338 bits per heavy atom. The van der Waals surface area contributed by atoms with E-state index in [0.717, 1.165) is 50.6 Å². The number of hydrogen-bond donors (Lipinski definition) is 2. The zero-order valence-corrected chi connectivity index (χ0v) is 40.5. The number of hydrogen-bond acceptors (Lipinski definition) is 3. The Hall–Kier alpha value is -9.71. The summed E-state index contributed by atoms with van der Waals surface area (Å²) in [5.41, 5.74) is 18.1. The summed E-state index contributed by atoms with van der Waals surface area (Å²) in [6.45, 7) is 0. The van der Waals surface area contributed by atoms with E-state index in [2.05, 4.69) is 293 Å². The zero-order valence-electron chi connectivity index (χ0n) is 40.5. The topological polar surface area (TPSA) is 46.3 Å². The van der Waals surface area contributed by atoms with Crippen molar-refractivity contribution in [3.8, 4) is 44.5 Å². The molecule has 2 N–H and O–H groups in total. The van der Waals surface area contributed by atoms with Crippen molar-refractivity contribution in [2.45, 2.75) is 12.2 Å². The highest BCUT2D eigenvalue weighted by Crippen LogP contribution is 2.42. The first-order valence-corrected chi connectivity index (χ1v) is 25.4. The van der Waals surface area contributed by atoms with Gasteiger partial charge in [-0.1, -0.05) is 206 Å². The minimum absolute atomic E-state index is 0.118. The lowest BCUT2D eigenvalue weighted by Gasteiger charge is -2.30. The predicted octanol–water partition coefficient (Wildman–Crippen LogP) is 16.8. The molecule has 2 aromatic heterocycles. The molecule has 0 spiro atoms. The van der Waals surface area contributed by atoms with Crippen LogP contribution in [0.2, 0.25) is 0 Å². The molecule has 2 unspecified atom stereocenters. The van der Waals surface area contributed by atoms with Gasteiger partial charge in [-0.15, -0.1) is 0 Å². The summed E-state index contributed by atoms with van der Waals surface area (Å²) in [6, 6.07) is 91.6. The lowest BCUT2D eigenvalue weighted by Crippen LogP contribution is -2.32. The second-order valence-electron chi connectivity index (χ2n) is 19.2. The van der Waals surface area contributed by atoms with Crippen molar-refractivity contribution in [1.29, 1.82) is 0 Å². The zero-order chi connectivity index (χ0) is 49.0. The van der Waals surface area contributed by atoms with Crippen LogP contribution in [0, 0.1) is 0 Å². The highest BCUT2D eigenvalue weighted by atomic mass is 15.3. The molecule has 5 nitrogen and oxygen atoms in total. The van der Waals surface area contributed by atoms with Crippen LogP contribution >= 0.6 is 0 Å². The lowest BCUT2D eigenvalue weighted by molar-refractivity contribution is 0.573. The van der Waals surface area contributed by atoms with Gasteiger partial charge < -0.3 is 15.2 Å². The quantitative estimate of drug-likeness (QED) is 0.151. The highest BCUT2D eigenvalue weighted by molar-refractivity contribution is 6.13. The van der Waals surface area contributed by atoms with Crippen LogP contribution in [-0.2, 0) is 0 Å². The van der Waals surface area contributed by atoms with E-state index in [4.69, 9.17) is 4.99 Å². The van der Waals surface area contributed by atoms with Gasteiger partial charge in [0.25, 0.3) is 0 Å². The number of benzene rings is 10. The summed E-state index contributed by atoms with van der Waals surface area (Å²) in [5, 5.41) is 12.7. The maximum absolute atomic E-state index is 5.52. The number of amidine groups is 1. The fourth-order valence-electron chi connectivity index (χ4n) is 11.2. The molecule has 0 bridgehead atoms. The molecule has 0 fully saturated rings. The Labute approximate surface area is 430 Å². The molecule has 14 rings (SSSR count). The van der Waals surface area contributed by atoms with Gasteiger partial charge in [-0.2, -0.15) is 0 Å². The maximum Gasteiger partial charge on any atom is 0.134 e. The van der Waals surface area contributed by atoms with Gasteiger partial charge in [0.1, 0.15) is 17.8 Å². The van der Waals surface area contributed by atoms with Gasteiger partial charge in [0.15, 0.2) is 0 Å². The van der Waals surface area contributed by atoms with Gasteiger partial charge in [0.05, 0.1) is 33.8 Å². The van der Waals surface area contributed by atoms with E-state index in [9.17, 15) is 0 Å². The number of nitrogens with zero attached hydrogens (tertiary/aromatic N) is 3.